The van der Waals surface area contributed by atoms with Gasteiger partial charge in [-0.05, 0) is 68.7 Å². The highest BCUT2D eigenvalue weighted by molar-refractivity contribution is 6.29. The molecular weight excluding hydrogens is 306 g/mol. The first-order chi connectivity index (χ1) is 10.9. The zero-order chi connectivity index (χ0) is 17.0. The quantitative estimate of drug-likeness (QED) is 0.741. The number of aryl methyl sites for hydroxylation is 1. The lowest BCUT2D eigenvalue weighted by atomic mass is 10.0. The minimum atomic E-state index is 0.510. The van der Waals surface area contributed by atoms with Gasteiger partial charge in [-0.15, -0.1) is 0 Å². The SMILES string of the molecule is CC(C)=CN=c1ccc(/C(C)=C(/C)c2cccc(Cl)n2)cn1C. The van der Waals surface area contributed by atoms with Gasteiger partial charge >= 0.3 is 0 Å². The van der Waals surface area contributed by atoms with E-state index in [-0.39, 0.29) is 0 Å². The first-order valence-electron chi connectivity index (χ1n) is 7.53. The van der Waals surface area contributed by atoms with Gasteiger partial charge in [0.2, 0.25) is 0 Å². The molecular formula is C19H22ClN3. The van der Waals surface area contributed by atoms with Gasteiger partial charge in [-0.25, -0.2) is 9.98 Å². The standard InChI is InChI=1S/C19H22ClN3/c1-13(2)11-21-19-10-9-16(12-23(19)5)14(3)15(4)17-7-6-8-18(20)22-17/h6-12H,1-5H3/b15-14-,21-19?. The molecule has 3 nitrogen and oxygen atoms in total. The summed E-state index contributed by atoms with van der Waals surface area (Å²) in [7, 11) is 2.00. The highest BCUT2D eigenvalue weighted by Gasteiger charge is 2.06. The Morgan fingerprint density at radius 2 is 1.83 bits per heavy atom. The van der Waals surface area contributed by atoms with Gasteiger partial charge in [0.15, 0.2) is 0 Å². The highest BCUT2D eigenvalue weighted by Crippen LogP contribution is 2.24. The largest absolute Gasteiger partial charge is 0.335 e. The van der Waals surface area contributed by atoms with Gasteiger partial charge in [0.05, 0.1) is 5.69 Å². The van der Waals surface area contributed by atoms with E-state index >= 15 is 0 Å². The number of hydrogen-bond acceptors (Lipinski definition) is 2. The molecule has 0 amide bonds. The van der Waals surface area contributed by atoms with Gasteiger partial charge in [0, 0.05) is 19.4 Å². The molecule has 0 atom stereocenters. The van der Waals surface area contributed by atoms with Crippen molar-refractivity contribution in [3.63, 3.8) is 0 Å². The molecule has 23 heavy (non-hydrogen) atoms. The minimum absolute atomic E-state index is 0.510. The molecule has 0 spiro atoms. The summed E-state index contributed by atoms with van der Waals surface area (Å²) in [5, 5.41) is 0.510. The number of hydrogen-bond donors (Lipinski definition) is 0. The Hall–Kier alpha value is -2.13. The summed E-state index contributed by atoms with van der Waals surface area (Å²) in [6.07, 6.45) is 3.96. The molecule has 0 N–H and O–H groups in total. The molecule has 2 aromatic heterocycles. The maximum Gasteiger partial charge on any atom is 0.132 e. The van der Waals surface area contributed by atoms with Crippen molar-refractivity contribution in [1.82, 2.24) is 9.55 Å². The van der Waals surface area contributed by atoms with E-state index in [1.807, 2.05) is 49.9 Å². The summed E-state index contributed by atoms with van der Waals surface area (Å²) in [6.45, 7) is 8.23. The van der Waals surface area contributed by atoms with Crippen LogP contribution in [0.5, 0.6) is 0 Å². The number of allylic oxidation sites excluding steroid dienone is 3. The molecule has 2 aromatic rings. The number of halogens is 1. The van der Waals surface area contributed by atoms with E-state index in [1.165, 1.54) is 11.1 Å². The lowest BCUT2D eigenvalue weighted by molar-refractivity contribution is 0.830. The summed E-state index contributed by atoms with van der Waals surface area (Å²) in [5.41, 5.74) is 6.42. The summed E-state index contributed by atoms with van der Waals surface area (Å²) in [6, 6.07) is 9.79. The third kappa shape index (κ3) is 4.42. The number of aromatic nitrogens is 2. The van der Waals surface area contributed by atoms with Gasteiger partial charge in [-0.3, -0.25) is 0 Å². The zero-order valence-corrected chi connectivity index (χ0v) is 15.0. The molecule has 0 radical (unpaired) electrons. The van der Waals surface area contributed by atoms with Crippen LogP contribution in [-0.2, 0) is 7.05 Å². The van der Waals surface area contributed by atoms with Crippen molar-refractivity contribution in [2.45, 2.75) is 27.7 Å². The highest BCUT2D eigenvalue weighted by atomic mass is 35.5. The zero-order valence-electron chi connectivity index (χ0n) is 14.3. The van der Waals surface area contributed by atoms with E-state index in [1.54, 1.807) is 6.07 Å². The van der Waals surface area contributed by atoms with Crippen LogP contribution in [0.15, 0.2) is 53.3 Å². The fourth-order valence-electron chi connectivity index (χ4n) is 2.18. The maximum atomic E-state index is 5.99. The molecule has 0 fully saturated rings. The number of pyridine rings is 2. The average Bonchev–Trinajstić information content (AvgIpc) is 2.52. The second kappa shape index (κ2) is 7.42. The lowest BCUT2D eigenvalue weighted by Gasteiger charge is -2.10. The molecule has 0 unspecified atom stereocenters. The Morgan fingerprint density at radius 1 is 1.09 bits per heavy atom. The van der Waals surface area contributed by atoms with E-state index < -0.39 is 0 Å². The van der Waals surface area contributed by atoms with Crippen LogP contribution in [0.4, 0.5) is 0 Å². The first kappa shape index (κ1) is 17.2. The molecule has 0 aliphatic rings. The molecule has 2 rings (SSSR count). The van der Waals surface area contributed by atoms with E-state index in [9.17, 15) is 0 Å². The predicted molar refractivity (Wildman–Crippen MR) is 97.8 cm³/mol. The van der Waals surface area contributed by atoms with E-state index in [0.717, 1.165) is 22.3 Å². The van der Waals surface area contributed by atoms with Crippen molar-refractivity contribution in [3.8, 4) is 0 Å². The fraction of sp³-hybridized carbons (Fsp3) is 0.263. The molecule has 0 saturated heterocycles. The van der Waals surface area contributed by atoms with Crippen molar-refractivity contribution >= 4 is 22.7 Å². The summed E-state index contributed by atoms with van der Waals surface area (Å²) >= 11 is 5.99. The summed E-state index contributed by atoms with van der Waals surface area (Å²) in [4.78, 5) is 8.86. The Kier molecular flexibility index (Phi) is 5.56. The Morgan fingerprint density at radius 3 is 2.43 bits per heavy atom. The van der Waals surface area contributed by atoms with Crippen molar-refractivity contribution in [2.75, 3.05) is 0 Å². The number of rotatable bonds is 3. The van der Waals surface area contributed by atoms with Gasteiger partial charge in [0.25, 0.3) is 0 Å². The molecule has 120 valence electrons. The smallest absolute Gasteiger partial charge is 0.132 e. The number of nitrogens with zero attached hydrogens (tertiary/aromatic N) is 3. The molecule has 0 bridgehead atoms. The second-order valence-electron chi connectivity index (χ2n) is 5.82. The van der Waals surface area contributed by atoms with Crippen LogP contribution in [-0.4, -0.2) is 9.55 Å². The third-order valence-electron chi connectivity index (χ3n) is 3.66. The van der Waals surface area contributed by atoms with Crippen molar-refractivity contribution in [1.29, 1.82) is 0 Å². The average molecular weight is 328 g/mol. The van der Waals surface area contributed by atoms with Crippen LogP contribution in [0.2, 0.25) is 5.15 Å². The molecule has 0 saturated carbocycles. The first-order valence-corrected chi connectivity index (χ1v) is 7.91. The van der Waals surface area contributed by atoms with E-state index in [4.69, 9.17) is 11.6 Å². The van der Waals surface area contributed by atoms with E-state index in [0.29, 0.717) is 5.15 Å². The monoisotopic (exact) mass is 327 g/mol. The van der Waals surface area contributed by atoms with E-state index in [2.05, 4.69) is 36.1 Å². The molecule has 0 aromatic carbocycles. The molecule has 2 heterocycles. The molecule has 0 aliphatic carbocycles. The third-order valence-corrected chi connectivity index (χ3v) is 3.87. The van der Waals surface area contributed by atoms with Gasteiger partial charge in [-0.1, -0.05) is 23.2 Å². The maximum absolute atomic E-state index is 5.99. The van der Waals surface area contributed by atoms with Gasteiger partial charge < -0.3 is 4.57 Å². The lowest BCUT2D eigenvalue weighted by Crippen LogP contribution is -2.16. The van der Waals surface area contributed by atoms with Crippen LogP contribution in [0, 0.1) is 0 Å². The van der Waals surface area contributed by atoms with Crippen molar-refractivity contribution in [2.24, 2.45) is 12.0 Å². The topological polar surface area (TPSA) is 30.2 Å². The van der Waals surface area contributed by atoms with Gasteiger partial charge in [-0.2, -0.15) is 0 Å². The van der Waals surface area contributed by atoms with Crippen molar-refractivity contribution in [3.05, 3.63) is 70.2 Å². The normalized spacial score (nSPS) is 12.9. The predicted octanol–water partition coefficient (Wildman–Crippen LogP) is 4.85. The Labute approximate surface area is 142 Å². The van der Waals surface area contributed by atoms with Crippen molar-refractivity contribution < 1.29 is 0 Å². The second-order valence-corrected chi connectivity index (χ2v) is 6.21. The summed E-state index contributed by atoms with van der Waals surface area (Å²) < 4.78 is 2.02. The Bertz CT molecular complexity index is 838. The molecule has 0 aliphatic heterocycles. The van der Waals surface area contributed by atoms with Crippen LogP contribution < -0.4 is 5.49 Å². The summed E-state index contributed by atoms with van der Waals surface area (Å²) in [5.74, 6) is 0. The Balaban J connectivity index is 2.46. The minimum Gasteiger partial charge on any atom is -0.335 e. The fourth-order valence-corrected chi connectivity index (χ4v) is 2.34. The molecule has 4 heteroatoms. The van der Waals surface area contributed by atoms with Crippen LogP contribution in [0.25, 0.3) is 11.1 Å². The van der Waals surface area contributed by atoms with Crippen LogP contribution in [0.3, 0.4) is 0 Å². The van der Waals surface area contributed by atoms with Gasteiger partial charge in [0.1, 0.15) is 10.6 Å². The van der Waals surface area contributed by atoms with Crippen LogP contribution >= 0.6 is 11.6 Å². The van der Waals surface area contributed by atoms with Crippen LogP contribution in [0.1, 0.15) is 39.0 Å².